The highest BCUT2D eigenvalue weighted by Gasteiger charge is 2.08. The van der Waals surface area contributed by atoms with E-state index < -0.39 is 0 Å². The van der Waals surface area contributed by atoms with Crippen molar-refractivity contribution in [2.45, 2.75) is 129 Å². The van der Waals surface area contributed by atoms with E-state index in [1.807, 2.05) is 12.1 Å². The number of aryl methyl sites for hydroxylation is 2. The molecule has 0 heterocycles. The van der Waals surface area contributed by atoms with Gasteiger partial charge in [0.15, 0.2) is 0 Å². The van der Waals surface area contributed by atoms with Crippen molar-refractivity contribution < 1.29 is 19.1 Å². The molecule has 0 saturated carbocycles. The smallest absolute Gasteiger partial charge is 0.305 e. The van der Waals surface area contributed by atoms with Crippen LogP contribution in [0.2, 0.25) is 0 Å². The average molecular weight is 475 g/mol. The molecule has 0 saturated heterocycles. The number of carbonyl (C=O) groups is 2. The number of hydrogen-bond donors (Lipinski definition) is 0. The first-order valence-electron chi connectivity index (χ1n) is 14.0. The Kier molecular flexibility index (Phi) is 19.2. The van der Waals surface area contributed by atoms with Crippen LogP contribution in [0, 0.1) is 0 Å². The number of benzene rings is 1. The van der Waals surface area contributed by atoms with Crippen LogP contribution in [0.4, 0.5) is 0 Å². The van der Waals surface area contributed by atoms with Crippen molar-refractivity contribution in [1.82, 2.24) is 0 Å². The minimum absolute atomic E-state index is 0.0841. The van der Waals surface area contributed by atoms with Crippen LogP contribution in [0.5, 0.6) is 0 Å². The molecular weight excluding hydrogens is 424 g/mol. The molecule has 0 aliphatic rings. The Morgan fingerprint density at radius 1 is 0.559 bits per heavy atom. The summed E-state index contributed by atoms with van der Waals surface area (Å²) in [5.74, 6) is -0.168. The van der Waals surface area contributed by atoms with Gasteiger partial charge in [0.2, 0.25) is 0 Å². The van der Waals surface area contributed by atoms with Crippen LogP contribution in [0.1, 0.15) is 128 Å². The zero-order chi connectivity index (χ0) is 24.7. The van der Waals surface area contributed by atoms with Crippen LogP contribution in [0.15, 0.2) is 24.3 Å². The van der Waals surface area contributed by atoms with E-state index in [4.69, 9.17) is 9.47 Å². The van der Waals surface area contributed by atoms with Gasteiger partial charge < -0.3 is 9.47 Å². The van der Waals surface area contributed by atoms with Crippen LogP contribution in [-0.2, 0) is 31.9 Å². The van der Waals surface area contributed by atoms with Gasteiger partial charge in [-0.2, -0.15) is 0 Å². The molecule has 0 bridgehead atoms. The Bertz CT molecular complexity index is 585. The van der Waals surface area contributed by atoms with Gasteiger partial charge in [-0.25, -0.2) is 0 Å². The van der Waals surface area contributed by atoms with E-state index in [1.165, 1.54) is 62.5 Å². The molecule has 0 N–H and O–H groups in total. The molecule has 0 unspecified atom stereocenters. The van der Waals surface area contributed by atoms with Crippen LogP contribution >= 0.6 is 0 Å². The van der Waals surface area contributed by atoms with Gasteiger partial charge >= 0.3 is 11.9 Å². The van der Waals surface area contributed by atoms with Gasteiger partial charge in [0.1, 0.15) is 0 Å². The molecule has 34 heavy (non-hydrogen) atoms. The lowest BCUT2D eigenvalue weighted by atomic mass is 9.98. The second kappa shape index (κ2) is 21.7. The number of carbonyl (C=O) groups excluding carboxylic acids is 2. The van der Waals surface area contributed by atoms with E-state index in [2.05, 4.69) is 26.0 Å². The lowest BCUT2D eigenvalue weighted by Crippen LogP contribution is -2.07. The van der Waals surface area contributed by atoms with Crippen molar-refractivity contribution in [1.29, 1.82) is 0 Å². The molecule has 0 spiro atoms. The van der Waals surface area contributed by atoms with E-state index in [0.717, 1.165) is 51.4 Å². The minimum Gasteiger partial charge on any atom is -0.466 e. The second-order valence-electron chi connectivity index (χ2n) is 9.45. The number of esters is 2. The second-order valence-corrected chi connectivity index (χ2v) is 9.45. The predicted octanol–water partition coefficient (Wildman–Crippen LogP) is 8.14. The normalized spacial score (nSPS) is 10.9. The third-order valence-electron chi connectivity index (χ3n) is 6.29. The Morgan fingerprint density at radius 2 is 0.941 bits per heavy atom. The largest absolute Gasteiger partial charge is 0.466 e. The molecule has 4 nitrogen and oxygen atoms in total. The van der Waals surface area contributed by atoms with E-state index in [0.29, 0.717) is 26.1 Å². The fourth-order valence-electron chi connectivity index (χ4n) is 4.17. The molecule has 0 radical (unpaired) electrons. The molecule has 0 aliphatic carbocycles. The molecule has 1 aromatic rings. The van der Waals surface area contributed by atoms with E-state index in [1.54, 1.807) is 0 Å². The van der Waals surface area contributed by atoms with Crippen molar-refractivity contribution in [3.8, 4) is 0 Å². The topological polar surface area (TPSA) is 52.6 Å². The number of rotatable bonds is 22. The molecule has 0 aliphatic heterocycles. The van der Waals surface area contributed by atoms with Crippen molar-refractivity contribution in [3.05, 3.63) is 35.4 Å². The summed E-state index contributed by atoms with van der Waals surface area (Å²) in [4.78, 5) is 24.0. The molecule has 0 amide bonds. The van der Waals surface area contributed by atoms with Gasteiger partial charge in [0, 0.05) is 12.8 Å². The maximum atomic E-state index is 12.0. The Morgan fingerprint density at radius 3 is 1.35 bits per heavy atom. The molecular formula is C30H50O4. The fourth-order valence-corrected chi connectivity index (χ4v) is 4.17. The fraction of sp³-hybridized carbons (Fsp3) is 0.733. The first-order chi connectivity index (χ1) is 16.7. The summed E-state index contributed by atoms with van der Waals surface area (Å²) >= 11 is 0. The maximum absolute atomic E-state index is 12.0. The Balaban J connectivity index is 2.15. The summed E-state index contributed by atoms with van der Waals surface area (Å²) in [5, 5.41) is 0. The van der Waals surface area contributed by atoms with Crippen molar-refractivity contribution in [2.75, 3.05) is 13.2 Å². The summed E-state index contributed by atoms with van der Waals surface area (Å²) in [5.41, 5.74) is 2.54. The van der Waals surface area contributed by atoms with Gasteiger partial charge in [-0.05, 0) is 49.7 Å². The van der Waals surface area contributed by atoms with Crippen molar-refractivity contribution >= 4 is 11.9 Å². The number of unbranched alkanes of at least 4 members (excludes halogenated alkanes) is 10. The Labute approximate surface area is 209 Å². The summed E-state index contributed by atoms with van der Waals surface area (Å²) < 4.78 is 10.8. The van der Waals surface area contributed by atoms with Gasteiger partial charge in [0.05, 0.1) is 13.2 Å². The molecule has 1 aromatic carbocycles. The van der Waals surface area contributed by atoms with Crippen molar-refractivity contribution in [3.63, 3.8) is 0 Å². The predicted molar refractivity (Wildman–Crippen MR) is 141 cm³/mol. The lowest BCUT2D eigenvalue weighted by molar-refractivity contribution is -0.144. The number of ether oxygens (including phenoxy) is 2. The monoisotopic (exact) mass is 474 g/mol. The minimum atomic E-state index is -0.0841. The van der Waals surface area contributed by atoms with Gasteiger partial charge in [-0.3, -0.25) is 9.59 Å². The average Bonchev–Trinajstić information content (AvgIpc) is 2.84. The van der Waals surface area contributed by atoms with E-state index in [9.17, 15) is 9.59 Å². The van der Waals surface area contributed by atoms with Crippen LogP contribution in [-0.4, -0.2) is 25.2 Å². The molecule has 0 atom stereocenters. The maximum Gasteiger partial charge on any atom is 0.305 e. The lowest BCUT2D eigenvalue weighted by Gasteiger charge is -2.10. The summed E-state index contributed by atoms with van der Waals surface area (Å²) in [7, 11) is 0. The van der Waals surface area contributed by atoms with Crippen LogP contribution < -0.4 is 0 Å². The first-order valence-corrected chi connectivity index (χ1v) is 14.0. The standard InChI is InChI=1S/C30H50O4/c1-3-5-7-9-11-15-25-33-29(31)23-17-21-27-19-13-14-20-28(27)22-18-24-30(32)34-26-16-12-10-8-6-4-2/h13-14,19-20H,3-12,15-18,21-26H2,1-2H3. The third kappa shape index (κ3) is 16.7. The Hall–Kier alpha value is -1.84. The molecule has 1 rings (SSSR count). The quantitative estimate of drug-likeness (QED) is 0.126. The highest BCUT2D eigenvalue weighted by Crippen LogP contribution is 2.16. The third-order valence-corrected chi connectivity index (χ3v) is 6.29. The summed E-state index contributed by atoms with van der Waals surface area (Å²) in [6.45, 7) is 5.54. The van der Waals surface area contributed by atoms with E-state index in [-0.39, 0.29) is 11.9 Å². The van der Waals surface area contributed by atoms with Gasteiger partial charge in [-0.15, -0.1) is 0 Å². The van der Waals surface area contributed by atoms with Gasteiger partial charge in [0.25, 0.3) is 0 Å². The zero-order valence-electron chi connectivity index (χ0n) is 22.1. The van der Waals surface area contributed by atoms with Gasteiger partial charge in [-0.1, -0.05) is 102 Å². The zero-order valence-corrected chi connectivity index (χ0v) is 22.1. The van der Waals surface area contributed by atoms with Crippen molar-refractivity contribution in [2.24, 2.45) is 0 Å². The molecule has 4 heteroatoms. The summed E-state index contributed by atoms with van der Waals surface area (Å²) in [6, 6.07) is 8.36. The van der Waals surface area contributed by atoms with Crippen LogP contribution in [0.3, 0.4) is 0 Å². The summed E-state index contributed by atoms with van der Waals surface area (Å²) in [6.07, 6.45) is 18.6. The number of hydrogen-bond acceptors (Lipinski definition) is 4. The highest BCUT2D eigenvalue weighted by molar-refractivity contribution is 5.69. The van der Waals surface area contributed by atoms with Crippen LogP contribution in [0.25, 0.3) is 0 Å². The highest BCUT2D eigenvalue weighted by atomic mass is 16.5. The molecule has 0 fully saturated rings. The molecule has 0 aromatic heterocycles. The molecule has 194 valence electrons. The SMILES string of the molecule is CCCCCCCCOC(=O)CCCc1ccccc1CCCC(=O)OCCCCCCCC. The van der Waals surface area contributed by atoms with E-state index >= 15 is 0 Å². The first kappa shape index (κ1) is 30.2.